The number of carboxylic acids is 1. The van der Waals surface area contributed by atoms with Gasteiger partial charge in [-0.3, -0.25) is 9.59 Å². The molecule has 33 heavy (non-hydrogen) atoms. The summed E-state index contributed by atoms with van der Waals surface area (Å²) >= 11 is 0. The second-order valence-corrected chi connectivity index (χ2v) is 9.43. The Bertz CT molecular complexity index is 1260. The molecule has 9 heteroatoms. The first-order valence-corrected chi connectivity index (χ1v) is 11.6. The van der Waals surface area contributed by atoms with Gasteiger partial charge >= 0.3 is 5.97 Å². The van der Waals surface area contributed by atoms with Gasteiger partial charge in [-0.2, -0.15) is 4.72 Å². The predicted molar refractivity (Wildman–Crippen MR) is 123 cm³/mol. The molecule has 3 aromatic carbocycles. The monoisotopic (exact) mass is 470 g/mol. The van der Waals surface area contributed by atoms with Gasteiger partial charge in [0.2, 0.25) is 10.0 Å². The quantitative estimate of drug-likeness (QED) is 0.458. The second kappa shape index (κ2) is 9.93. The summed E-state index contributed by atoms with van der Waals surface area (Å²) in [6.45, 7) is 3.24. The minimum Gasteiger partial charge on any atom is -0.480 e. The third-order valence-electron chi connectivity index (χ3n) is 4.97. The second-order valence-electron chi connectivity index (χ2n) is 7.72. The molecule has 0 saturated carbocycles. The van der Waals surface area contributed by atoms with Crippen LogP contribution in [0.1, 0.15) is 24.2 Å². The number of hydrogen-bond donors (Lipinski definition) is 3. The van der Waals surface area contributed by atoms with Crippen molar-refractivity contribution < 1.29 is 27.5 Å². The number of benzene rings is 3. The molecule has 1 atom stereocenters. The van der Waals surface area contributed by atoms with E-state index in [0.29, 0.717) is 5.69 Å². The molecule has 1 amide bonds. The molecule has 0 saturated heterocycles. The van der Waals surface area contributed by atoms with Crippen molar-refractivity contribution in [3.8, 4) is 11.1 Å². The van der Waals surface area contributed by atoms with E-state index in [-0.39, 0.29) is 10.5 Å². The van der Waals surface area contributed by atoms with E-state index in [9.17, 15) is 27.5 Å². The Morgan fingerprint density at radius 2 is 1.42 bits per heavy atom. The number of aliphatic carboxylic acids is 1. The molecule has 172 valence electrons. The largest absolute Gasteiger partial charge is 0.480 e. The van der Waals surface area contributed by atoms with Crippen LogP contribution < -0.4 is 10.0 Å². The van der Waals surface area contributed by atoms with Gasteiger partial charge in [0.1, 0.15) is 11.9 Å². The van der Waals surface area contributed by atoms with Crippen molar-refractivity contribution in [2.45, 2.75) is 24.8 Å². The topological polar surface area (TPSA) is 113 Å². The molecule has 0 unspecified atom stereocenters. The van der Waals surface area contributed by atoms with Crippen molar-refractivity contribution in [2.75, 3.05) is 5.32 Å². The number of carboxylic acid groups (broad SMARTS) is 1. The van der Waals surface area contributed by atoms with E-state index in [2.05, 4.69) is 10.0 Å². The molecule has 0 aliphatic rings. The van der Waals surface area contributed by atoms with E-state index >= 15 is 0 Å². The highest BCUT2D eigenvalue weighted by molar-refractivity contribution is 7.89. The van der Waals surface area contributed by atoms with Crippen molar-refractivity contribution in [1.29, 1.82) is 0 Å². The number of amides is 1. The normalized spacial score (nSPS) is 12.4. The highest BCUT2D eigenvalue weighted by Gasteiger charge is 2.28. The number of rotatable bonds is 8. The Morgan fingerprint density at radius 3 is 1.94 bits per heavy atom. The summed E-state index contributed by atoms with van der Waals surface area (Å²) in [7, 11) is -4.01. The zero-order valence-corrected chi connectivity index (χ0v) is 18.8. The smallest absolute Gasteiger partial charge is 0.322 e. The summed E-state index contributed by atoms with van der Waals surface area (Å²) < 4.78 is 41.1. The highest BCUT2D eigenvalue weighted by Crippen LogP contribution is 2.24. The Kier molecular flexibility index (Phi) is 7.25. The van der Waals surface area contributed by atoms with Crippen molar-refractivity contribution in [1.82, 2.24) is 4.72 Å². The SMILES string of the molecule is CC(C)[C@H](NS(=O)(=O)c1ccc(-c2ccc(NC(=O)c3ccccc3F)cc2)cc1)C(=O)O. The zero-order valence-electron chi connectivity index (χ0n) is 17.9. The highest BCUT2D eigenvalue weighted by atomic mass is 32.2. The molecule has 0 aliphatic carbocycles. The molecule has 3 rings (SSSR count). The number of hydrogen-bond acceptors (Lipinski definition) is 4. The third-order valence-corrected chi connectivity index (χ3v) is 6.43. The average molecular weight is 471 g/mol. The fraction of sp³-hybridized carbons (Fsp3) is 0.167. The van der Waals surface area contributed by atoms with Crippen molar-refractivity contribution in [2.24, 2.45) is 5.92 Å². The van der Waals surface area contributed by atoms with Gasteiger partial charge in [-0.1, -0.05) is 50.2 Å². The molecular weight excluding hydrogens is 447 g/mol. The van der Waals surface area contributed by atoms with Gasteiger partial charge in [0.15, 0.2) is 0 Å². The van der Waals surface area contributed by atoms with Crippen LogP contribution in [0.15, 0.2) is 77.7 Å². The van der Waals surface area contributed by atoms with Gasteiger partial charge in [-0.05, 0) is 53.4 Å². The van der Waals surface area contributed by atoms with Crippen LogP contribution in [0.5, 0.6) is 0 Å². The first-order chi connectivity index (χ1) is 15.6. The number of halogens is 1. The van der Waals surface area contributed by atoms with Crippen LogP contribution in [0, 0.1) is 11.7 Å². The van der Waals surface area contributed by atoms with Gasteiger partial charge in [0.25, 0.3) is 5.91 Å². The molecule has 0 radical (unpaired) electrons. The van der Waals surface area contributed by atoms with E-state index < -0.39 is 39.7 Å². The lowest BCUT2D eigenvalue weighted by atomic mass is 10.1. The fourth-order valence-corrected chi connectivity index (χ4v) is 4.46. The molecule has 3 N–H and O–H groups in total. The molecule has 7 nitrogen and oxygen atoms in total. The summed E-state index contributed by atoms with van der Waals surface area (Å²) in [4.78, 5) is 23.5. The standard InChI is InChI=1S/C24H23FN2O5S/c1-15(2)22(24(29)30)27-33(31,32)19-13-9-17(10-14-19)16-7-11-18(12-8-16)26-23(28)20-5-3-4-6-21(20)25/h3-15,22,27H,1-2H3,(H,26,28)(H,29,30)/t22-/m0/s1. The number of nitrogens with one attached hydrogen (secondary N) is 2. The van der Waals surface area contributed by atoms with Crippen LogP contribution in [0.3, 0.4) is 0 Å². The summed E-state index contributed by atoms with van der Waals surface area (Å²) in [6, 6.07) is 17.2. The van der Waals surface area contributed by atoms with Crippen LogP contribution in [-0.4, -0.2) is 31.4 Å². The molecule has 0 spiro atoms. The molecule has 0 aromatic heterocycles. The van der Waals surface area contributed by atoms with Crippen LogP contribution in [0.2, 0.25) is 0 Å². The van der Waals surface area contributed by atoms with Crippen LogP contribution in [-0.2, 0) is 14.8 Å². The number of anilines is 1. The van der Waals surface area contributed by atoms with Gasteiger partial charge in [0, 0.05) is 5.69 Å². The zero-order chi connectivity index (χ0) is 24.2. The van der Waals surface area contributed by atoms with Gasteiger partial charge in [-0.25, -0.2) is 12.8 Å². The maximum absolute atomic E-state index is 13.8. The summed E-state index contributed by atoms with van der Waals surface area (Å²) in [5.74, 6) is -2.84. The molecule has 0 fully saturated rings. The Morgan fingerprint density at radius 1 is 0.879 bits per heavy atom. The Hall–Kier alpha value is -3.56. The Labute approximate surface area is 191 Å². The fourth-order valence-electron chi connectivity index (χ4n) is 3.12. The summed E-state index contributed by atoms with van der Waals surface area (Å²) in [6.07, 6.45) is 0. The van der Waals surface area contributed by atoms with Crippen molar-refractivity contribution >= 4 is 27.6 Å². The Balaban J connectivity index is 1.73. The lowest BCUT2D eigenvalue weighted by molar-refractivity contribution is -0.140. The lowest BCUT2D eigenvalue weighted by Crippen LogP contribution is -2.44. The molecule has 0 aliphatic heterocycles. The minimum atomic E-state index is -4.01. The predicted octanol–water partition coefficient (Wildman–Crippen LogP) is 4.13. The molecule has 0 heterocycles. The summed E-state index contributed by atoms with van der Waals surface area (Å²) in [5.41, 5.74) is 1.90. The van der Waals surface area contributed by atoms with E-state index in [1.807, 2.05) is 0 Å². The number of carbonyl (C=O) groups is 2. The molecular formula is C24H23FN2O5S. The van der Waals surface area contributed by atoms with E-state index in [0.717, 1.165) is 11.1 Å². The lowest BCUT2D eigenvalue weighted by Gasteiger charge is -2.18. The number of carbonyl (C=O) groups excluding carboxylic acids is 1. The first kappa shape index (κ1) is 24.1. The molecule has 3 aromatic rings. The van der Waals surface area contributed by atoms with Crippen LogP contribution in [0.4, 0.5) is 10.1 Å². The average Bonchev–Trinajstić information content (AvgIpc) is 2.78. The maximum Gasteiger partial charge on any atom is 0.322 e. The minimum absolute atomic E-state index is 0.0491. The van der Waals surface area contributed by atoms with Crippen molar-refractivity contribution in [3.05, 3.63) is 84.2 Å². The maximum atomic E-state index is 13.8. The van der Waals surface area contributed by atoms with Gasteiger partial charge in [-0.15, -0.1) is 0 Å². The van der Waals surface area contributed by atoms with Crippen LogP contribution >= 0.6 is 0 Å². The molecule has 0 bridgehead atoms. The van der Waals surface area contributed by atoms with Gasteiger partial charge in [0.05, 0.1) is 10.5 Å². The van der Waals surface area contributed by atoms with E-state index in [1.165, 1.54) is 30.3 Å². The van der Waals surface area contributed by atoms with Crippen LogP contribution in [0.25, 0.3) is 11.1 Å². The third kappa shape index (κ3) is 5.82. The van der Waals surface area contributed by atoms with E-state index in [1.54, 1.807) is 56.3 Å². The summed E-state index contributed by atoms with van der Waals surface area (Å²) in [5, 5.41) is 11.9. The number of sulfonamides is 1. The van der Waals surface area contributed by atoms with Crippen molar-refractivity contribution in [3.63, 3.8) is 0 Å². The van der Waals surface area contributed by atoms with Gasteiger partial charge < -0.3 is 10.4 Å². The van der Waals surface area contributed by atoms with E-state index in [4.69, 9.17) is 0 Å². The first-order valence-electron chi connectivity index (χ1n) is 10.1.